The number of hydrogen-bond donors (Lipinski definition) is 3. The number of hydrogen-bond acceptors (Lipinski definition) is 9. The summed E-state index contributed by atoms with van der Waals surface area (Å²) in [5.74, 6) is -1.34. The Bertz CT molecular complexity index is 1070. The van der Waals surface area contributed by atoms with E-state index in [0.29, 0.717) is 29.5 Å². The fourth-order valence-electron chi connectivity index (χ4n) is 4.32. The van der Waals surface area contributed by atoms with E-state index in [1.165, 1.54) is 12.1 Å². The molecule has 37 heavy (non-hydrogen) atoms. The molecule has 0 bridgehead atoms. The van der Waals surface area contributed by atoms with E-state index in [-0.39, 0.29) is 13.0 Å². The lowest BCUT2D eigenvalue weighted by molar-refractivity contribution is -1.92. The van der Waals surface area contributed by atoms with Crippen LogP contribution in [0.4, 0.5) is 13.2 Å². The van der Waals surface area contributed by atoms with Gasteiger partial charge in [-0.05, 0) is 49.1 Å². The molecule has 1 saturated heterocycles. The molecule has 0 unspecified atom stereocenters. The summed E-state index contributed by atoms with van der Waals surface area (Å²) in [4.78, 5) is 26.2. The Kier molecular flexibility index (Phi) is 8.93. The molecule has 0 aliphatic carbocycles. The summed E-state index contributed by atoms with van der Waals surface area (Å²) in [5.41, 5.74) is 0.596. The lowest BCUT2D eigenvalue weighted by atomic mass is 9.90. The summed E-state index contributed by atoms with van der Waals surface area (Å²) in [6.07, 6.45) is -6.62. The zero-order valence-electron chi connectivity index (χ0n) is 19.0. The Balaban J connectivity index is 0.000000695. The van der Waals surface area contributed by atoms with Gasteiger partial charge in [0.15, 0.2) is 6.29 Å². The minimum absolute atomic E-state index is 0.0565. The molecule has 10 nitrogen and oxygen atoms in total. The molecule has 0 radical (unpaired) electrons. The van der Waals surface area contributed by atoms with Crippen molar-refractivity contribution < 1.29 is 66.6 Å². The number of ether oxygens (including phenoxy) is 1. The van der Waals surface area contributed by atoms with E-state index >= 15 is 0 Å². The van der Waals surface area contributed by atoms with Crippen LogP contribution < -0.4 is 14.0 Å². The van der Waals surface area contributed by atoms with E-state index in [0.717, 1.165) is 17.0 Å². The first-order chi connectivity index (χ1) is 17.2. The topological polar surface area (TPSA) is 176 Å². The second-order valence-corrected chi connectivity index (χ2v) is 9.24. The summed E-state index contributed by atoms with van der Waals surface area (Å²) in [7, 11) is -4.69. The van der Waals surface area contributed by atoms with Crippen LogP contribution in [0.2, 0.25) is 0 Å². The first kappa shape index (κ1) is 28.9. The molecule has 4 atom stereocenters. The molecule has 14 heteroatoms. The van der Waals surface area contributed by atoms with Crippen LogP contribution in [0.5, 0.6) is 0 Å². The van der Waals surface area contributed by atoms with Crippen molar-refractivity contribution in [3.8, 4) is 0 Å². The van der Waals surface area contributed by atoms with E-state index in [4.69, 9.17) is 23.4 Å². The number of nitrogens with zero attached hydrogens (tertiary/aromatic N) is 1. The molecule has 3 N–H and O–H groups in total. The molecule has 2 aromatic carbocycles. The number of imide groups is 1. The average Bonchev–Trinajstić information content (AvgIpc) is 3.22. The molecule has 0 spiro atoms. The first-order valence-corrected chi connectivity index (χ1v) is 12.2. The van der Waals surface area contributed by atoms with Gasteiger partial charge in [0.05, 0.1) is 37.7 Å². The summed E-state index contributed by atoms with van der Waals surface area (Å²) in [6.45, 7) is 0.0565. The van der Waals surface area contributed by atoms with Gasteiger partial charge in [0.2, 0.25) is 0 Å². The van der Waals surface area contributed by atoms with Crippen LogP contribution in [-0.4, -0.2) is 56.6 Å². The Morgan fingerprint density at radius 1 is 0.919 bits per heavy atom. The smallest absolute Gasteiger partial charge is 0.387 e. The molecule has 202 valence electrons. The van der Waals surface area contributed by atoms with Gasteiger partial charge in [0.25, 0.3) is 11.8 Å². The number of rotatable bonds is 6. The SMILES string of the molecule is O=C1c2ccccc2C(=O)N1CC[C@@H]1[C@H](O)[C@H](O)O[C@@H]1CCc1ccc(C(F)(F)F)cc1.[O-][Cl+3]([O-])([O-])O. The zero-order valence-corrected chi connectivity index (χ0v) is 19.8. The molecule has 2 amide bonds. The fourth-order valence-corrected chi connectivity index (χ4v) is 4.32. The molecular weight excluding hydrogens is 527 g/mol. The van der Waals surface area contributed by atoms with E-state index in [1.807, 2.05) is 0 Å². The van der Waals surface area contributed by atoms with Gasteiger partial charge in [-0.15, -0.1) is 0 Å². The van der Waals surface area contributed by atoms with Crippen molar-refractivity contribution in [2.75, 3.05) is 6.54 Å². The Labute approximate surface area is 210 Å². The number of alkyl halides is 3. The number of carbonyl (C=O) groups is 2. The molecule has 2 heterocycles. The molecular formula is C23H23ClF3NO9. The zero-order chi connectivity index (χ0) is 27.5. The van der Waals surface area contributed by atoms with E-state index in [1.54, 1.807) is 24.3 Å². The number of halogens is 4. The number of amides is 2. The first-order valence-electron chi connectivity index (χ1n) is 10.9. The number of benzene rings is 2. The van der Waals surface area contributed by atoms with E-state index < -0.39 is 58.2 Å². The lowest BCUT2D eigenvalue weighted by Gasteiger charge is -2.22. The maximum absolute atomic E-state index is 12.7. The van der Waals surface area contributed by atoms with Crippen molar-refractivity contribution in [3.05, 3.63) is 70.8 Å². The molecule has 2 aliphatic rings. The number of aryl methyl sites for hydroxylation is 1. The fraction of sp³-hybridized carbons (Fsp3) is 0.391. The third-order valence-corrected chi connectivity index (χ3v) is 6.09. The van der Waals surface area contributed by atoms with Crippen molar-refractivity contribution in [2.45, 2.75) is 43.9 Å². The normalized spacial score (nSPS) is 23.6. The van der Waals surface area contributed by atoms with Crippen molar-refractivity contribution >= 4 is 11.8 Å². The molecule has 0 saturated carbocycles. The number of aliphatic hydroxyl groups excluding tert-OH is 2. The summed E-state index contributed by atoms with van der Waals surface area (Å²) >= 11 is 0. The minimum atomic E-state index is -4.69. The average molecular weight is 550 g/mol. The number of fused-ring (bicyclic) bond motifs is 1. The highest BCUT2D eigenvalue weighted by atomic mass is 35.7. The summed E-state index contributed by atoms with van der Waals surface area (Å²) in [5, 5.41) is 20.3. The van der Waals surface area contributed by atoms with Gasteiger partial charge in [0, 0.05) is 12.5 Å². The van der Waals surface area contributed by atoms with Crippen molar-refractivity contribution in [3.63, 3.8) is 0 Å². The largest absolute Gasteiger partial charge is 0.416 e. The van der Waals surface area contributed by atoms with E-state index in [9.17, 15) is 33.0 Å². The highest BCUT2D eigenvalue weighted by molar-refractivity contribution is 6.21. The van der Waals surface area contributed by atoms with Crippen LogP contribution in [0, 0.1) is 16.2 Å². The standard InChI is InChI=1S/C23H22F3NO5.ClHO4/c24-23(25,26)14-8-5-13(6-9-14)7-10-18-17(19(28)22(31)32-18)11-12-27-20(29)15-3-1-2-4-16(15)21(27)30;2-1(3,4)5/h1-6,8-9,17-19,22,28,31H,7,10-12H2;(H,2,3,4,5)/t17-,18+,19-,22+;/m0./s1. The second kappa shape index (κ2) is 11.4. The van der Waals surface area contributed by atoms with Gasteiger partial charge in [0.1, 0.15) is 6.10 Å². The lowest BCUT2D eigenvalue weighted by Crippen LogP contribution is -2.58. The van der Waals surface area contributed by atoms with Gasteiger partial charge in [-0.3, -0.25) is 14.5 Å². The predicted molar refractivity (Wildman–Crippen MR) is 109 cm³/mol. The Morgan fingerprint density at radius 3 is 1.92 bits per heavy atom. The van der Waals surface area contributed by atoms with Gasteiger partial charge in [-0.25, -0.2) is 0 Å². The van der Waals surface area contributed by atoms with Gasteiger partial charge in [-0.1, -0.05) is 24.3 Å². The van der Waals surface area contributed by atoms with Crippen LogP contribution in [0.1, 0.15) is 44.7 Å². The summed E-state index contributed by atoms with van der Waals surface area (Å²) < 4.78 is 76.3. The Hall–Kier alpha value is -2.62. The third-order valence-electron chi connectivity index (χ3n) is 6.09. The molecule has 0 aromatic heterocycles. The third kappa shape index (κ3) is 7.46. The van der Waals surface area contributed by atoms with Gasteiger partial charge < -0.3 is 14.9 Å². The summed E-state index contributed by atoms with van der Waals surface area (Å²) in [6, 6.07) is 11.3. The maximum atomic E-state index is 12.7. The Morgan fingerprint density at radius 2 is 1.43 bits per heavy atom. The van der Waals surface area contributed by atoms with Crippen molar-refractivity contribution in [2.24, 2.45) is 5.92 Å². The predicted octanol–water partition coefficient (Wildman–Crippen LogP) is -1.11. The minimum Gasteiger partial charge on any atom is -0.387 e. The quantitative estimate of drug-likeness (QED) is 0.377. The molecule has 1 fully saturated rings. The molecule has 2 aliphatic heterocycles. The molecule has 2 aromatic rings. The van der Waals surface area contributed by atoms with E-state index in [2.05, 4.69) is 0 Å². The molecule has 4 rings (SSSR count). The van der Waals surface area contributed by atoms with Crippen LogP contribution in [0.25, 0.3) is 0 Å². The highest BCUT2D eigenvalue weighted by Crippen LogP contribution is 2.34. The van der Waals surface area contributed by atoms with Gasteiger partial charge in [-0.2, -0.15) is 27.1 Å². The van der Waals surface area contributed by atoms with Crippen LogP contribution in [0.15, 0.2) is 48.5 Å². The monoisotopic (exact) mass is 549 g/mol. The number of aliphatic hydroxyl groups is 2. The second-order valence-electron chi connectivity index (χ2n) is 8.45. The number of carbonyl (C=O) groups excluding carboxylic acids is 2. The van der Waals surface area contributed by atoms with Crippen LogP contribution in [0.3, 0.4) is 0 Å². The highest BCUT2D eigenvalue weighted by Gasteiger charge is 2.43. The van der Waals surface area contributed by atoms with Gasteiger partial charge >= 0.3 is 6.18 Å². The van der Waals surface area contributed by atoms with Crippen molar-refractivity contribution in [1.82, 2.24) is 4.90 Å². The van der Waals surface area contributed by atoms with Crippen LogP contribution >= 0.6 is 0 Å². The maximum Gasteiger partial charge on any atom is 0.416 e. The van der Waals surface area contributed by atoms with Crippen molar-refractivity contribution in [1.29, 1.82) is 0 Å². The van der Waals surface area contributed by atoms with Crippen LogP contribution in [-0.2, 0) is 17.3 Å².